The van der Waals surface area contributed by atoms with Crippen LogP contribution in [0.2, 0.25) is 10.0 Å². The van der Waals surface area contributed by atoms with Crippen LogP contribution in [-0.4, -0.2) is 28.5 Å². The summed E-state index contributed by atoms with van der Waals surface area (Å²) in [6.45, 7) is 2.69. The molecule has 0 aliphatic carbocycles. The van der Waals surface area contributed by atoms with Crippen LogP contribution < -0.4 is 5.32 Å². The lowest BCUT2D eigenvalue weighted by atomic mass is 10.2. The number of hydrogen-bond acceptors (Lipinski definition) is 5. The second-order valence-corrected chi connectivity index (χ2v) is 5.22. The second kappa shape index (κ2) is 6.02. The fourth-order valence-corrected chi connectivity index (χ4v) is 2.85. The molecule has 7 heteroatoms. The topological polar surface area (TPSA) is 47.0 Å². The molecule has 1 heterocycles. The van der Waals surface area contributed by atoms with Gasteiger partial charge in [-0.25, -0.2) is 0 Å². The van der Waals surface area contributed by atoms with Crippen LogP contribution in [0, 0.1) is 0 Å². The van der Waals surface area contributed by atoms with Crippen molar-refractivity contribution < 1.29 is 4.74 Å². The Balaban J connectivity index is 2.40. The molecule has 1 unspecified atom stereocenters. The molecule has 0 spiro atoms. The van der Waals surface area contributed by atoms with Crippen molar-refractivity contribution in [2.45, 2.75) is 19.4 Å². The highest BCUT2D eigenvalue weighted by Crippen LogP contribution is 2.35. The van der Waals surface area contributed by atoms with Crippen molar-refractivity contribution in [2.75, 3.05) is 19.0 Å². The number of halogens is 2. The van der Waals surface area contributed by atoms with Gasteiger partial charge in [0.25, 0.3) is 0 Å². The van der Waals surface area contributed by atoms with Gasteiger partial charge in [-0.2, -0.15) is 8.75 Å². The molecule has 4 nitrogen and oxygen atoms in total. The zero-order chi connectivity index (χ0) is 13.1. The summed E-state index contributed by atoms with van der Waals surface area (Å²) in [5, 5.41) is 4.42. The van der Waals surface area contributed by atoms with Gasteiger partial charge >= 0.3 is 0 Å². The van der Waals surface area contributed by atoms with E-state index in [-0.39, 0.29) is 6.04 Å². The van der Waals surface area contributed by atoms with Gasteiger partial charge in [0.05, 0.1) is 34.1 Å². The van der Waals surface area contributed by atoms with Crippen molar-refractivity contribution in [3.05, 3.63) is 16.1 Å². The summed E-state index contributed by atoms with van der Waals surface area (Å²) in [5.74, 6) is 0. The molecule has 0 fully saturated rings. The van der Waals surface area contributed by atoms with E-state index in [0.29, 0.717) is 27.7 Å². The Hall–Kier alpha value is -0.620. The van der Waals surface area contributed by atoms with E-state index in [0.717, 1.165) is 23.8 Å². The normalized spacial score (nSPS) is 12.9. The quantitative estimate of drug-likeness (QED) is 0.912. The maximum absolute atomic E-state index is 6.22. The lowest BCUT2D eigenvalue weighted by molar-refractivity contribution is 0.184. The summed E-state index contributed by atoms with van der Waals surface area (Å²) in [4.78, 5) is 0. The van der Waals surface area contributed by atoms with Crippen LogP contribution in [0.5, 0.6) is 0 Å². The Labute approximate surface area is 120 Å². The Bertz CT molecular complexity index is 546. The first kappa shape index (κ1) is 13.8. The third kappa shape index (κ3) is 2.69. The van der Waals surface area contributed by atoms with Crippen molar-refractivity contribution >= 4 is 51.7 Å². The van der Waals surface area contributed by atoms with Gasteiger partial charge in [-0.15, -0.1) is 0 Å². The van der Waals surface area contributed by atoms with E-state index >= 15 is 0 Å². The van der Waals surface area contributed by atoms with Crippen molar-refractivity contribution in [1.29, 1.82) is 0 Å². The summed E-state index contributed by atoms with van der Waals surface area (Å²) in [6.07, 6.45) is 0.922. The standard InChI is InChI=1S/C11H13Cl2N3OS/c1-3-6(5-17-2)14-9-7(12)4-8(13)10-11(9)16-18-15-10/h4,6,14H,3,5H2,1-2H3. The van der Waals surface area contributed by atoms with E-state index in [2.05, 4.69) is 21.0 Å². The Morgan fingerprint density at radius 1 is 1.33 bits per heavy atom. The van der Waals surface area contributed by atoms with Gasteiger partial charge < -0.3 is 10.1 Å². The van der Waals surface area contributed by atoms with E-state index in [1.165, 1.54) is 0 Å². The number of methoxy groups -OCH3 is 1. The summed E-state index contributed by atoms with van der Waals surface area (Å²) in [7, 11) is 1.67. The van der Waals surface area contributed by atoms with Crippen LogP contribution >= 0.6 is 34.9 Å². The minimum atomic E-state index is 0.179. The molecule has 0 saturated carbocycles. The zero-order valence-electron chi connectivity index (χ0n) is 10.0. The van der Waals surface area contributed by atoms with Gasteiger partial charge in [0, 0.05) is 13.2 Å². The highest BCUT2D eigenvalue weighted by Gasteiger charge is 2.16. The third-order valence-electron chi connectivity index (χ3n) is 2.65. The van der Waals surface area contributed by atoms with Crippen LogP contribution in [0.3, 0.4) is 0 Å². The van der Waals surface area contributed by atoms with E-state index in [1.807, 2.05) is 0 Å². The van der Waals surface area contributed by atoms with E-state index in [4.69, 9.17) is 27.9 Å². The molecular formula is C11H13Cl2N3OS. The SMILES string of the molecule is CCC(COC)Nc1c(Cl)cc(Cl)c2nsnc12. The molecule has 0 aliphatic heterocycles. The number of benzene rings is 1. The first-order chi connectivity index (χ1) is 8.67. The van der Waals surface area contributed by atoms with Crippen LogP contribution in [-0.2, 0) is 4.74 Å². The van der Waals surface area contributed by atoms with Crippen molar-refractivity contribution in [1.82, 2.24) is 8.75 Å². The Morgan fingerprint density at radius 3 is 2.72 bits per heavy atom. The minimum absolute atomic E-state index is 0.179. The van der Waals surface area contributed by atoms with Crippen LogP contribution in [0.1, 0.15) is 13.3 Å². The van der Waals surface area contributed by atoms with Crippen molar-refractivity contribution in [3.8, 4) is 0 Å². The molecule has 1 atom stereocenters. The van der Waals surface area contributed by atoms with Gasteiger partial charge in [-0.05, 0) is 12.5 Å². The van der Waals surface area contributed by atoms with E-state index < -0.39 is 0 Å². The van der Waals surface area contributed by atoms with Gasteiger partial charge in [0.15, 0.2) is 0 Å². The van der Waals surface area contributed by atoms with Crippen LogP contribution in [0.15, 0.2) is 6.07 Å². The predicted octanol–water partition coefficient (Wildman–Crippen LogP) is 3.84. The van der Waals surface area contributed by atoms with Crippen LogP contribution in [0.25, 0.3) is 11.0 Å². The number of rotatable bonds is 5. The predicted molar refractivity (Wildman–Crippen MR) is 77.0 cm³/mol. The molecule has 1 N–H and O–H groups in total. The highest BCUT2D eigenvalue weighted by molar-refractivity contribution is 7.00. The van der Waals surface area contributed by atoms with Crippen molar-refractivity contribution in [2.24, 2.45) is 0 Å². The van der Waals surface area contributed by atoms with Gasteiger partial charge in [-0.3, -0.25) is 0 Å². The number of anilines is 1. The molecule has 2 rings (SSSR count). The number of nitrogens with zero attached hydrogens (tertiary/aromatic N) is 2. The van der Waals surface area contributed by atoms with E-state index in [1.54, 1.807) is 13.2 Å². The molecule has 0 bridgehead atoms. The molecule has 0 amide bonds. The summed E-state index contributed by atoms with van der Waals surface area (Å²) in [6, 6.07) is 1.87. The molecule has 0 aliphatic rings. The van der Waals surface area contributed by atoms with Crippen LogP contribution in [0.4, 0.5) is 5.69 Å². The number of hydrogen-bond donors (Lipinski definition) is 1. The Morgan fingerprint density at radius 2 is 2.06 bits per heavy atom. The summed E-state index contributed by atoms with van der Waals surface area (Å²) >= 11 is 13.4. The number of fused-ring (bicyclic) bond motifs is 1. The lowest BCUT2D eigenvalue weighted by Gasteiger charge is -2.18. The number of nitrogens with one attached hydrogen (secondary N) is 1. The fraction of sp³-hybridized carbons (Fsp3) is 0.455. The zero-order valence-corrected chi connectivity index (χ0v) is 12.4. The maximum atomic E-state index is 6.22. The molecule has 18 heavy (non-hydrogen) atoms. The fourth-order valence-electron chi connectivity index (χ4n) is 1.68. The minimum Gasteiger partial charge on any atom is -0.383 e. The third-order valence-corrected chi connectivity index (χ3v) is 3.77. The monoisotopic (exact) mass is 305 g/mol. The van der Waals surface area contributed by atoms with Crippen molar-refractivity contribution in [3.63, 3.8) is 0 Å². The maximum Gasteiger partial charge on any atom is 0.130 e. The lowest BCUT2D eigenvalue weighted by Crippen LogP contribution is -2.24. The molecule has 1 aromatic carbocycles. The molecule has 2 aromatic rings. The average Bonchev–Trinajstić information content (AvgIpc) is 2.82. The van der Waals surface area contributed by atoms with Gasteiger partial charge in [0.1, 0.15) is 11.0 Å². The van der Waals surface area contributed by atoms with E-state index in [9.17, 15) is 0 Å². The summed E-state index contributed by atoms with van der Waals surface area (Å²) in [5.41, 5.74) is 2.17. The first-order valence-electron chi connectivity index (χ1n) is 5.53. The molecule has 98 valence electrons. The van der Waals surface area contributed by atoms with Gasteiger partial charge in [-0.1, -0.05) is 30.1 Å². The summed E-state index contributed by atoms with van der Waals surface area (Å²) < 4.78 is 13.6. The first-order valence-corrected chi connectivity index (χ1v) is 7.01. The largest absolute Gasteiger partial charge is 0.383 e. The van der Waals surface area contributed by atoms with Gasteiger partial charge in [0.2, 0.25) is 0 Å². The second-order valence-electron chi connectivity index (χ2n) is 3.88. The Kier molecular flexibility index (Phi) is 4.61. The molecule has 1 aromatic heterocycles. The number of aromatic nitrogens is 2. The highest BCUT2D eigenvalue weighted by atomic mass is 35.5. The molecule has 0 saturated heterocycles. The molecule has 0 radical (unpaired) electrons. The average molecular weight is 306 g/mol. The number of ether oxygens (including phenoxy) is 1. The smallest absolute Gasteiger partial charge is 0.130 e. The molecular weight excluding hydrogens is 293 g/mol.